The number of hydrogen-bond acceptors (Lipinski definition) is 9. The number of nitrogens with one attached hydrogen (secondary N) is 1. The number of amides is 2. The number of nitrogen functional groups attached to an aromatic ring is 1. The number of halogens is 2. The lowest BCUT2D eigenvalue weighted by Crippen LogP contribution is -2.42. The van der Waals surface area contributed by atoms with Crippen LogP contribution in [0.3, 0.4) is 0 Å². The summed E-state index contributed by atoms with van der Waals surface area (Å²) in [5, 5.41) is 7.28. The third kappa shape index (κ3) is 7.78. The van der Waals surface area contributed by atoms with E-state index in [0.717, 1.165) is 0 Å². The number of benzene rings is 2. The second-order valence-corrected chi connectivity index (χ2v) is 12.1. The van der Waals surface area contributed by atoms with Crippen molar-refractivity contribution in [2.24, 2.45) is 0 Å². The molecule has 0 bridgehead atoms. The summed E-state index contributed by atoms with van der Waals surface area (Å²) in [4.78, 5) is 49.4. The molecular weight excluding hydrogens is 617 g/mol. The lowest BCUT2D eigenvalue weighted by atomic mass is 10.1. The molecule has 0 aliphatic carbocycles. The van der Waals surface area contributed by atoms with E-state index in [-0.39, 0.29) is 39.9 Å². The van der Waals surface area contributed by atoms with Gasteiger partial charge in [0.15, 0.2) is 11.5 Å². The van der Waals surface area contributed by atoms with Crippen LogP contribution in [-0.2, 0) is 14.3 Å². The largest absolute Gasteiger partial charge is 0.444 e. The summed E-state index contributed by atoms with van der Waals surface area (Å²) < 4.78 is 26.3. The molecule has 1 saturated heterocycles. The number of aromatic nitrogens is 4. The van der Waals surface area contributed by atoms with Crippen LogP contribution in [0, 0.1) is 5.82 Å². The van der Waals surface area contributed by atoms with Gasteiger partial charge in [-0.15, -0.1) is 0 Å². The van der Waals surface area contributed by atoms with Gasteiger partial charge in [-0.1, -0.05) is 29.8 Å². The van der Waals surface area contributed by atoms with Crippen molar-refractivity contribution in [2.45, 2.75) is 51.4 Å². The topological polar surface area (TPSA) is 155 Å². The average molecular weight is 650 g/mol. The van der Waals surface area contributed by atoms with Crippen LogP contribution in [0.15, 0.2) is 67.1 Å². The fourth-order valence-corrected chi connectivity index (χ4v) is 5.08. The standard InChI is InChI=1S/C32H33ClFN7O5/c1-32(2,3)46-31(44)40-14-12-22(13-15-40)41-18-19(16-37-41)25-17-36-28(35)26(39-25)30(43)45-27(23-6-4-5-7-24(23)33)29(42)38-21-10-8-20(34)9-11-21/h4-11,16-18,22,27H,12-15H2,1-3H3,(H2,35,36)(H,38,42)/t27-/m1/s1. The summed E-state index contributed by atoms with van der Waals surface area (Å²) >= 11 is 6.36. The Labute approximate surface area is 269 Å². The lowest BCUT2D eigenvalue weighted by molar-refractivity contribution is -0.125. The van der Waals surface area contributed by atoms with Crippen LogP contribution in [0.4, 0.5) is 20.7 Å². The van der Waals surface area contributed by atoms with E-state index in [1.165, 1.54) is 30.5 Å². The molecule has 12 nitrogen and oxygen atoms in total. The van der Waals surface area contributed by atoms with Gasteiger partial charge in [-0.3, -0.25) is 9.48 Å². The third-order valence-corrected chi connectivity index (χ3v) is 7.49. The molecule has 46 heavy (non-hydrogen) atoms. The number of likely N-dealkylation sites (tertiary alicyclic amines) is 1. The number of nitrogens with two attached hydrogens (primary N) is 1. The van der Waals surface area contributed by atoms with E-state index in [0.29, 0.717) is 37.2 Å². The fraction of sp³-hybridized carbons (Fsp3) is 0.312. The van der Waals surface area contributed by atoms with Crippen LogP contribution in [0.25, 0.3) is 11.3 Å². The molecule has 5 rings (SSSR count). The van der Waals surface area contributed by atoms with Gasteiger partial charge in [0, 0.05) is 41.1 Å². The van der Waals surface area contributed by atoms with Crippen molar-refractivity contribution < 1.29 is 28.2 Å². The van der Waals surface area contributed by atoms with Crippen LogP contribution in [-0.4, -0.2) is 61.3 Å². The summed E-state index contributed by atoms with van der Waals surface area (Å²) in [6, 6.07) is 11.5. The van der Waals surface area contributed by atoms with Crippen molar-refractivity contribution in [1.82, 2.24) is 24.6 Å². The Kier molecular flexibility index (Phi) is 9.52. The van der Waals surface area contributed by atoms with Gasteiger partial charge in [-0.05, 0) is 63.9 Å². The SMILES string of the molecule is CC(C)(C)OC(=O)N1CCC(n2cc(-c3cnc(N)c(C(=O)O[C@@H](C(=O)Nc4ccc(F)cc4)c4ccccc4Cl)n3)cn2)CC1. The van der Waals surface area contributed by atoms with Gasteiger partial charge in [-0.2, -0.15) is 5.10 Å². The Balaban J connectivity index is 1.31. The number of ether oxygens (including phenoxy) is 2. The first-order chi connectivity index (χ1) is 21.9. The molecule has 0 radical (unpaired) electrons. The molecule has 2 amide bonds. The highest BCUT2D eigenvalue weighted by molar-refractivity contribution is 6.31. The molecule has 1 aliphatic rings. The minimum atomic E-state index is -1.49. The number of rotatable bonds is 7. The second-order valence-electron chi connectivity index (χ2n) is 11.7. The molecule has 2 aromatic heterocycles. The molecule has 4 aromatic rings. The summed E-state index contributed by atoms with van der Waals surface area (Å²) in [5.74, 6) is -2.41. The smallest absolute Gasteiger partial charge is 0.410 e. The van der Waals surface area contributed by atoms with Gasteiger partial charge in [0.1, 0.15) is 11.4 Å². The van der Waals surface area contributed by atoms with Crippen LogP contribution in [0.2, 0.25) is 5.02 Å². The Morgan fingerprint density at radius 3 is 2.43 bits per heavy atom. The molecule has 0 unspecified atom stereocenters. The van der Waals surface area contributed by atoms with Crippen LogP contribution < -0.4 is 11.1 Å². The number of carbonyl (C=O) groups is 3. The molecule has 2 aromatic carbocycles. The van der Waals surface area contributed by atoms with Gasteiger partial charge in [0.2, 0.25) is 6.10 Å². The van der Waals surface area contributed by atoms with E-state index in [2.05, 4.69) is 20.4 Å². The minimum absolute atomic E-state index is 0.0367. The van der Waals surface area contributed by atoms with E-state index >= 15 is 0 Å². The summed E-state index contributed by atoms with van der Waals surface area (Å²) in [6.07, 6.45) is 4.30. The molecule has 240 valence electrons. The number of hydrogen-bond donors (Lipinski definition) is 2. The zero-order chi connectivity index (χ0) is 33.0. The zero-order valence-electron chi connectivity index (χ0n) is 25.4. The molecule has 3 heterocycles. The highest BCUT2D eigenvalue weighted by Crippen LogP contribution is 2.30. The maximum absolute atomic E-state index is 13.4. The highest BCUT2D eigenvalue weighted by Gasteiger charge is 2.31. The van der Waals surface area contributed by atoms with Gasteiger partial charge in [-0.25, -0.2) is 23.9 Å². The van der Waals surface area contributed by atoms with Gasteiger partial charge >= 0.3 is 12.1 Å². The van der Waals surface area contributed by atoms with Gasteiger partial charge in [0.05, 0.1) is 24.1 Å². The van der Waals surface area contributed by atoms with Crippen molar-refractivity contribution in [3.8, 4) is 11.3 Å². The molecule has 1 atom stereocenters. The van der Waals surface area contributed by atoms with Gasteiger partial charge in [0.25, 0.3) is 5.91 Å². The summed E-state index contributed by atoms with van der Waals surface area (Å²) in [5.41, 5.74) is 6.55. The second kappa shape index (κ2) is 13.5. The van der Waals surface area contributed by atoms with Crippen molar-refractivity contribution in [1.29, 1.82) is 0 Å². The Bertz CT molecular complexity index is 1730. The zero-order valence-corrected chi connectivity index (χ0v) is 26.2. The first-order valence-electron chi connectivity index (χ1n) is 14.5. The lowest BCUT2D eigenvalue weighted by Gasteiger charge is -2.33. The number of anilines is 2. The quantitative estimate of drug-likeness (QED) is 0.236. The molecule has 1 fully saturated rings. The number of piperidine rings is 1. The van der Waals surface area contributed by atoms with Crippen LogP contribution in [0.5, 0.6) is 0 Å². The first-order valence-corrected chi connectivity index (χ1v) is 14.9. The average Bonchev–Trinajstić information content (AvgIpc) is 3.51. The van der Waals surface area contributed by atoms with E-state index in [1.54, 1.807) is 46.2 Å². The van der Waals surface area contributed by atoms with Crippen LogP contribution in [0.1, 0.15) is 61.8 Å². The van der Waals surface area contributed by atoms with E-state index in [4.69, 9.17) is 26.8 Å². The van der Waals surface area contributed by atoms with E-state index in [1.807, 2.05) is 20.8 Å². The Morgan fingerprint density at radius 1 is 1.07 bits per heavy atom. The fourth-order valence-electron chi connectivity index (χ4n) is 4.85. The third-order valence-electron chi connectivity index (χ3n) is 7.14. The van der Waals surface area contributed by atoms with Crippen LogP contribution >= 0.6 is 11.6 Å². The summed E-state index contributed by atoms with van der Waals surface area (Å²) in [6.45, 7) is 6.54. The van der Waals surface area contributed by atoms with Gasteiger partial charge < -0.3 is 25.4 Å². The molecule has 14 heteroatoms. The Morgan fingerprint density at radius 2 is 1.76 bits per heavy atom. The maximum atomic E-state index is 13.4. The predicted molar refractivity (Wildman–Crippen MR) is 168 cm³/mol. The molecular formula is C32H33ClFN7O5. The predicted octanol–water partition coefficient (Wildman–Crippen LogP) is 5.82. The van der Waals surface area contributed by atoms with E-state index in [9.17, 15) is 18.8 Å². The molecule has 0 saturated carbocycles. The monoisotopic (exact) mass is 649 g/mol. The number of carbonyl (C=O) groups excluding carboxylic acids is 3. The number of esters is 1. The minimum Gasteiger partial charge on any atom is -0.444 e. The normalized spacial score (nSPS) is 14.4. The highest BCUT2D eigenvalue weighted by atomic mass is 35.5. The molecule has 1 aliphatic heterocycles. The van der Waals surface area contributed by atoms with Crippen molar-refractivity contribution in [3.05, 3.63) is 89.2 Å². The molecule has 3 N–H and O–H groups in total. The number of nitrogens with zero attached hydrogens (tertiary/aromatic N) is 5. The van der Waals surface area contributed by atoms with Crippen molar-refractivity contribution in [3.63, 3.8) is 0 Å². The van der Waals surface area contributed by atoms with E-state index < -0.39 is 29.4 Å². The molecule has 0 spiro atoms. The van der Waals surface area contributed by atoms with Crippen molar-refractivity contribution >= 4 is 41.1 Å². The Hall–Kier alpha value is -5.04. The first kappa shape index (κ1) is 32.4. The maximum Gasteiger partial charge on any atom is 0.410 e. The summed E-state index contributed by atoms with van der Waals surface area (Å²) in [7, 11) is 0. The van der Waals surface area contributed by atoms with Crippen molar-refractivity contribution in [2.75, 3.05) is 24.1 Å².